The van der Waals surface area contributed by atoms with E-state index in [1.165, 1.54) is 0 Å². The molecule has 0 heterocycles. The molecule has 19 heavy (non-hydrogen) atoms. The lowest BCUT2D eigenvalue weighted by atomic mass is 10.0. The average Bonchev–Trinajstić information content (AvgIpc) is 2.42. The fourth-order valence-corrected chi connectivity index (χ4v) is 1.87. The van der Waals surface area contributed by atoms with Crippen molar-refractivity contribution in [2.45, 2.75) is 13.3 Å². The lowest BCUT2D eigenvalue weighted by molar-refractivity contribution is 0.0897. The summed E-state index contributed by atoms with van der Waals surface area (Å²) in [5.74, 6) is 0.0899. The van der Waals surface area contributed by atoms with E-state index in [2.05, 4.69) is 6.07 Å². The number of rotatable bonds is 8. The van der Waals surface area contributed by atoms with Crippen LogP contribution in [0.25, 0.3) is 0 Å². The molecular formula is C15H20N2O2. The molecular weight excluding hydrogens is 240 g/mol. The summed E-state index contributed by atoms with van der Waals surface area (Å²) in [6.07, 6.45) is 0.421. The van der Waals surface area contributed by atoms with E-state index in [1.54, 1.807) is 7.11 Å². The number of benzene rings is 1. The first-order valence-corrected chi connectivity index (χ1v) is 6.36. The molecule has 0 aliphatic rings. The van der Waals surface area contributed by atoms with Crippen LogP contribution in [0.5, 0.6) is 0 Å². The lowest BCUT2D eigenvalue weighted by Gasteiger charge is -2.20. The van der Waals surface area contributed by atoms with Gasteiger partial charge in [-0.2, -0.15) is 5.26 Å². The average molecular weight is 260 g/mol. The van der Waals surface area contributed by atoms with E-state index in [4.69, 9.17) is 10.00 Å². The Bertz CT molecular complexity index is 452. The minimum atomic E-state index is 0.0899. The van der Waals surface area contributed by atoms with Crippen molar-refractivity contribution in [3.63, 3.8) is 0 Å². The number of carbonyl (C=O) groups excluding carboxylic acids is 1. The molecule has 0 bridgehead atoms. The molecule has 0 amide bonds. The molecule has 0 aliphatic heterocycles. The molecule has 1 rings (SSSR count). The van der Waals surface area contributed by atoms with Gasteiger partial charge in [0.05, 0.1) is 19.2 Å². The molecule has 0 saturated carbocycles. The Labute approximate surface area is 114 Å². The van der Waals surface area contributed by atoms with Crippen LogP contribution in [-0.2, 0) is 4.74 Å². The number of ether oxygens (including phenoxy) is 1. The number of ketones is 1. The second-order valence-electron chi connectivity index (χ2n) is 4.42. The van der Waals surface area contributed by atoms with E-state index in [-0.39, 0.29) is 5.78 Å². The minimum absolute atomic E-state index is 0.0899. The maximum Gasteiger partial charge on any atom is 0.177 e. The van der Waals surface area contributed by atoms with Crippen molar-refractivity contribution in [2.75, 3.05) is 33.4 Å². The highest BCUT2D eigenvalue weighted by molar-refractivity contribution is 5.98. The van der Waals surface area contributed by atoms with Gasteiger partial charge in [-0.3, -0.25) is 9.69 Å². The van der Waals surface area contributed by atoms with Crippen LogP contribution in [0, 0.1) is 18.3 Å². The zero-order valence-corrected chi connectivity index (χ0v) is 11.6. The molecule has 0 N–H and O–H groups in total. The summed E-state index contributed by atoms with van der Waals surface area (Å²) >= 11 is 0. The summed E-state index contributed by atoms with van der Waals surface area (Å²) in [5, 5.41) is 8.64. The number of hydrogen-bond donors (Lipinski definition) is 0. The predicted molar refractivity (Wildman–Crippen MR) is 74.1 cm³/mol. The molecule has 0 aromatic heterocycles. The van der Waals surface area contributed by atoms with E-state index in [0.29, 0.717) is 32.7 Å². The monoisotopic (exact) mass is 260 g/mol. The maximum absolute atomic E-state index is 12.2. The summed E-state index contributed by atoms with van der Waals surface area (Å²) in [7, 11) is 1.63. The number of nitrogens with zero attached hydrogens (tertiary/aromatic N) is 2. The number of nitriles is 1. The Morgan fingerprint density at radius 2 is 2.11 bits per heavy atom. The van der Waals surface area contributed by atoms with Crippen molar-refractivity contribution in [1.82, 2.24) is 4.90 Å². The first-order valence-electron chi connectivity index (χ1n) is 6.36. The van der Waals surface area contributed by atoms with Gasteiger partial charge in [-0.05, 0) is 12.5 Å². The smallest absolute Gasteiger partial charge is 0.177 e. The second kappa shape index (κ2) is 8.41. The van der Waals surface area contributed by atoms with Crippen LogP contribution in [0.1, 0.15) is 22.3 Å². The van der Waals surface area contributed by atoms with Crippen LogP contribution >= 0.6 is 0 Å². The van der Waals surface area contributed by atoms with Crippen LogP contribution in [0.3, 0.4) is 0 Å². The maximum atomic E-state index is 12.2. The zero-order valence-electron chi connectivity index (χ0n) is 11.6. The van der Waals surface area contributed by atoms with E-state index in [9.17, 15) is 4.79 Å². The summed E-state index contributed by atoms with van der Waals surface area (Å²) < 4.78 is 5.03. The van der Waals surface area contributed by atoms with E-state index in [1.807, 2.05) is 36.1 Å². The largest absolute Gasteiger partial charge is 0.383 e. The fourth-order valence-electron chi connectivity index (χ4n) is 1.87. The first kappa shape index (κ1) is 15.4. The summed E-state index contributed by atoms with van der Waals surface area (Å²) in [6.45, 7) is 4.08. The van der Waals surface area contributed by atoms with Gasteiger partial charge in [0.1, 0.15) is 0 Å². The quantitative estimate of drug-likeness (QED) is 0.671. The highest BCUT2D eigenvalue weighted by atomic mass is 16.5. The van der Waals surface area contributed by atoms with Gasteiger partial charge >= 0.3 is 0 Å². The summed E-state index contributed by atoms with van der Waals surface area (Å²) in [6, 6.07) is 9.67. The zero-order chi connectivity index (χ0) is 14.1. The van der Waals surface area contributed by atoms with Crippen LogP contribution in [0.2, 0.25) is 0 Å². The van der Waals surface area contributed by atoms with Crippen molar-refractivity contribution in [1.29, 1.82) is 5.26 Å². The number of methoxy groups -OCH3 is 1. The summed E-state index contributed by atoms with van der Waals surface area (Å²) in [5.41, 5.74) is 1.74. The Kier molecular flexibility index (Phi) is 6.80. The molecule has 102 valence electrons. The third kappa shape index (κ3) is 5.21. The van der Waals surface area contributed by atoms with Crippen molar-refractivity contribution in [3.8, 4) is 6.07 Å². The highest BCUT2D eigenvalue weighted by Crippen LogP contribution is 2.09. The van der Waals surface area contributed by atoms with E-state index >= 15 is 0 Å². The van der Waals surface area contributed by atoms with E-state index < -0.39 is 0 Å². The van der Waals surface area contributed by atoms with Gasteiger partial charge in [0.2, 0.25) is 0 Å². The second-order valence-corrected chi connectivity index (χ2v) is 4.42. The number of Topliss-reactive ketones (excluding diaryl/α,β-unsaturated/α-hetero) is 1. The Hall–Kier alpha value is -1.70. The van der Waals surface area contributed by atoms with Crippen molar-refractivity contribution in [3.05, 3.63) is 35.4 Å². The van der Waals surface area contributed by atoms with Crippen molar-refractivity contribution < 1.29 is 9.53 Å². The van der Waals surface area contributed by atoms with Gasteiger partial charge in [-0.25, -0.2) is 0 Å². The van der Waals surface area contributed by atoms with Gasteiger partial charge in [0.25, 0.3) is 0 Å². The van der Waals surface area contributed by atoms with Crippen LogP contribution in [0.4, 0.5) is 0 Å². The fraction of sp³-hybridized carbons (Fsp3) is 0.467. The molecule has 0 saturated heterocycles. The molecule has 0 fully saturated rings. The van der Waals surface area contributed by atoms with Gasteiger partial charge < -0.3 is 4.74 Å². The number of carbonyl (C=O) groups is 1. The van der Waals surface area contributed by atoms with Crippen LogP contribution in [0.15, 0.2) is 24.3 Å². The van der Waals surface area contributed by atoms with Gasteiger partial charge in [0.15, 0.2) is 5.78 Å². The Balaban J connectivity index is 2.65. The van der Waals surface area contributed by atoms with Crippen LogP contribution < -0.4 is 0 Å². The minimum Gasteiger partial charge on any atom is -0.383 e. The molecule has 0 spiro atoms. The van der Waals surface area contributed by atoms with Gasteiger partial charge in [-0.15, -0.1) is 0 Å². The van der Waals surface area contributed by atoms with Crippen molar-refractivity contribution >= 4 is 5.78 Å². The SMILES string of the molecule is COCCN(CCC#N)CC(=O)c1ccccc1C. The molecule has 0 unspecified atom stereocenters. The van der Waals surface area contributed by atoms with Crippen LogP contribution in [-0.4, -0.2) is 44.0 Å². The first-order chi connectivity index (χ1) is 9.19. The highest BCUT2D eigenvalue weighted by Gasteiger charge is 2.13. The molecule has 0 radical (unpaired) electrons. The standard InChI is InChI=1S/C15H20N2O2/c1-13-6-3-4-7-14(13)15(18)12-17(9-5-8-16)10-11-19-2/h3-4,6-7H,5,9-12H2,1-2H3. The van der Waals surface area contributed by atoms with Gasteiger partial charge in [0, 0.05) is 32.2 Å². The molecule has 4 nitrogen and oxygen atoms in total. The molecule has 0 atom stereocenters. The predicted octanol–water partition coefficient (Wildman–Crippen LogP) is 2.04. The normalized spacial score (nSPS) is 10.4. The third-order valence-corrected chi connectivity index (χ3v) is 2.96. The summed E-state index contributed by atoms with van der Waals surface area (Å²) in [4.78, 5) is 14.2. The molecule has 1 aromatic rings. The topological polar surface area (TPSA) is 53.3 Å². The molecule has 4 heteroatoms. The third-order valence-electron chi connectivity index (χ3n) is 2.96. The Morgan fingerprint density at radius 1 is 1.37 bits per heavy atom. The van der Waals surface area contributed by atoms with E-state index in [0.717, 1.165) is 11.1 Å². The number of aryl methyl sites for hydroxylation is 1. The van der Waals surface area contributed by atoms with Gasteiger partial charge in [-0.1, -0.05) is 24.3 Å². The number of hydrogen-bond acceptors (Lipinski definition) is 4. The van der Waals surface area contributed by atoms with Crippen molar-refractivity contribution in [2.24, 2.45) is 0 Å². The molecule has 1 aromatic carbocycles. The lowest BCUT2D eigenvalue weighted by Crippen LogP contribution is -2.33. The Morgan fingerprint density at radius 3 is 2.74 bits per heavy atom. The molecule has 0 aliphatic carbocycles.